The topological polar surface area (TPSA) is 75.4 Å². The van der Waals surface area contributed by atoms with E-state index in [1.165, 1.54) is 4.31 Å². The van der Waals surface area contributed by atoms with Crippen LogP contribution in [-0.2, 0) is 10.0 Å². The fraction of sp³-hybridized carbons (Fsp3) is 1.00. The van der Waals surface area contributed by atoms with E-state index >= 15 is 0 Å². The zero-order valence-corrected chi connectivity index (χ0v) is 10.5. The number of hydrogen-bond acceptors (Lipinski definition) is 4. The molecule has 0 radical (unpaired) electrons. The van der Waals surface area contributed by atoms with Crippen molar-refractivity contribution in [2.24, 2.45) is 5.73 Å². The summed E-state index contributed by atoms with van der Waals surface area (Å²) < 4.78 is 25.2. The fourth-order valence-corrected chi connectivity index (χ4v) is 3.25. The van der Waals surface area contributed by atoms with Gasteiger partial charge >= 0.3 is 0 Å². The van der Waals surface area contributed by atoms with Gasteiger partial charge in [0.2, 0.25) is 10.0 Å². The molecule has 1 unspecified atom stereocenters. The van der Waals surface area contributed by atoms with Crippen LogP contribution in [0, 0.1) is 0 Å². The zero-order chi connectivity index (χ0) is 11.7. The Labute approximate surface area is 92.1 Å². The maximum Gasteiger partial charge on any atom is 0.220 e. The Bertz CT molecular complexity index is 305. The van der Waals surface area contributed by atoms with Gasteiger partial charge in [0.1, 0.15) is 0 Å². The highest BCUT2D eigenvalue weighted by Crippen LogP contribution is 2.23. The highest BCUT2D eigenvalue weighted by molar-refractivity contribution is 7.90. The molecule has 1 saturated heterocycles. The summed E-state index contributed by atoms with van der Waals surface area (Å²) in [5, 5.41) is 3.13. The third-order valence-electron chi connectivity index (χ3n) is 3.18. The lowest BCUT2D eigenvalue weighted by molar-refractivity contribution is 0.341. The highest BCUT2D eigenvalue weighted by Gasteiger charge is 2.42. The smallest absolute Gasteiger partial charge is 0.220 e. The summed E-state index contributed by atoms with van der Waals surface area (Å²) in [6.45, 7) is 7.63. The van der Waals surface area contributed by atoms with E-state index in [4.69, 9.17) is 5.73 Å². The molecule has 0 amide bonds. The molecule has 3 N–H and O–H groups in total. The predicted molar refractivity (Wildman–Crippen MR) is 61.1 cm³/mol. The predicted octanol–water partition coefficient (Wildman–Crippen LogP) is -0.653. The van der Waals surface area contributed by atoms with Crippen LogP contribution >= 0.6 is 0 Å². The summed E-state index contributed by atoms with van der Waals surface area (Å²) in [7, 11) is -3.29. The van der Waals surface area contributed by atoms with Crippen molar-refractivity contribution in [3.05, 3.63) is 0 Å². The van der Waals surface area contributed by atoms with Crippen molar-refractivity contribution in [1.82, 2.24) is 9.62 Å². The van der Waals surface area contributed by atoms with Crippen LogP contribution in [0.3, 0.4) is 0 Å². The summed E-state index contributed by atoms with van der Waals surface area (Å²) in [5.41, 5.74) is 5.74. The molecule has 1 heterocycles. The van der Waals surface area contributed by atoms with Crippen LogP contribution < -0.4 is 11.1 Å². The van der Waals surface area contributed by atoms with E-state index in [9.17, 15) is 8.42 Å². The number of sulfonamides is 1. The second-order valence-corrected chi connectivity index (χ2v) is 7.06. The van der Waals surface area contributed by atoms with Crippen molar-refractivity contribution in [2.75, 3.05) is 26.2 Å². The molecule has 0 aliphatic carbocycles. The van der Waals surface area contributed by atoms with E-state index in [1.54, 1.807) is 20.8 Å². The molecule has 1 atom stereocenters. The van der Waals surface area contributed by atoms with Gasteiger partial charge in [0.15, 0.2) is 0 Å². The van der Waals surface area contributed by atoms with Gasteiger partial charge in [-0.25, -0.2) is 8.42 Å². The zero-order valence-electron chi connectivity index (χ0n) is 9.66. The highest BCUT2D eigenvalue weighted by atomic mass is 32.2. The molecule has 0 spiro atoms. The number of hydrogen-bond donors (Lipinski definition) is 2. The minimum atomic E-state index is -3.29. The lowest BCUT2D eigenvalue weighted by Gasteiger charge is -2.36. The molecule has 0 bridgehead atoms. The largest absolute Gasteiger partial charge is 0.326 e. The molecule has 1 aliphatic rings. The number of piperazine rings is 1. The first-order valence-corrected chi connectivity index (χ1v) is 6.70. The molecule has 6 heteroatoms. The summed E-state index contributed by atoms with van der Waals surface area (Å²) >= 11 is 0. The van der Waals surface area contributed by atoms with E-state index in [2.05, 4.69) is 5.32 Å². The van der Waals surface area contributed by atoms with Crippen molar-refractivity contribution in [3.63, 3.8) is 0 Å². The number of rotatable bonds is 3. The van der Waals surface area contributed by atoms with Gasteiger partial charge in [0, 0.05) is 32.2 Å². The molecular weight excluding hydrogens is 214 g/mol. The molecular formula is C9H21N3O2S. The molecule has 5 nitrogen and oxygen atoms in total. The Hall–Kier alpha value is -0.170. The third-order valence-corrected chi connectivity index (χ3v) is 5.92. The maximum absolute atomic E-state index is 12.3. The first-order chi connectivity index (χ1) is 6.80. The summed E-state index contributed by atoms with van der Waals surface area (Å²) in [6.07, 6.45) is 0. The Morgan fingerprint density at radius 3 is 2.20 bits per heavy atom. The van der Waals surface area contributed by atoms with E-state index < -0.39 is 14.8 Å². The molecule has 90 valence electrons. The van der Waals surface area contributed by atoms with Crippen molar-refractivity contribution in [3.8, 4) is 0 Å². The monoisotopic (exact) mass is 235 g/mol. The fourth-order valence-electron chi connectivity index (χ4n) is 1.45. The van der Waals surface area contributed by atoms with Gasteiger partial charge in [-0.05, 0) is 20.8 Å². The van der Waals surface area contributed by atoms with Gasteiger partial charge < -0.3 is 11.1 Å². The lowest BCUT2D eigenvalue weighted by atomic mass is 10.1. The van der Waals surface area contributed by atoms with Gasteiger partial charge in [-0.3, -0.25) is 0 Å². The SMILES string of the molecule is CC(N)C(C)(C)S(=O)(=O)N1CCNCC1. The Kier molecular flexibility index (Phi) is 3.76. The van der Waals surface area contributed by atoms with Crippen molar-refractivity contribution >= 4 is 10.0 Å². The number of nitrogens with zero attached hydrogens (tertiary/aromatic N) is 1. The normalized spacial score (nSPS) is 22.7. The minimum absolute atomic E-state index is 0.377. The molecule has 0 aromatic rings. The first-order valence-electron chi connectivity index (χ1n) is 5.26. The van der Waals surface area contributed by atoms with Crippen LogP contribution in [0.25, 0.3) is 0 Å². The van der Waals surface area contributed by atoms with Crippen LogP contribution in [0.5, 0.6) is 0 Å². The summed E-state index contributed by atoms with van der Waals surface area (Å²) in [4.78, 5) is 0. The standard InChI is InChI=1S/C9H21N3O2S/c1-8(10)9(2,3)15(13,14)12-6-4-11-5-7-12/h8,11H,4-7,10H2,1-3H3. The quantitative estimate of drug-likeness (QED) is 0.681. The molecule has 0 aromatic heterocycles. The second-order valence-electron chi connectivity index (χ2n) is 4.55. The molecule has 15 heavy (non-hydrogen) atoms. The van der Waals surface area contributed by atoms with E-state index in [0.29, 0.717) is 26.2 Å². The van der Waals surface area contributed by atoms with Crippen molar-refractivity contribution in [1.29, 1.82) is 0 Å². The molecule has 0 aromatic carbocycles. The third kappa shape index (κ3) is 2.33. The van der Waals surface area contributed by atoms with E-state index in [1.807, 2.05) is 0 Å². The Morgan fingerprint density at radius 1 is 1.33 bits per heavy atom. The molecule has 1 aliphatic heterocycles. The van der Waals surface area contributed by atoms with Crippen LogP contribution in [0.15, 0.2) is 0 Å². The lowest BCUT2D eigenvalue weighted by Crippen LogP contribution is -2.57. The molecule has 0 saturated carbocycles. The van der Waals surface area contributed by atoms with Gasteiger partial charge in [-0.15, -0.1) is 0 Å². The van der Waals surface area contributed by atoms with Gasteiger partial charge in [0.25, 0.3) is 0 Å². The van der Waals surface area contributed by atoms with Gasteiger partial charge in [-0.1, -0.05) is 0 Å². The van der Waals surface area contributed by atoms with E-state index in [0.717, 1.165) is 0 Å². The van der Waals surface area contributed by atoms with Crippen molar-refractivity contribution in [2.45, 2.75) is 31.6 Å². The maximum atomic E-state index is 12.3. The van der Waals surface area contributed by atoms with Crippen LogP contribution in [0.4, 0.5) is 0 Å². The Morgan fingerprint density at radius 2 is 1.80 bits per heavy atom. The summed E-state index contributed by atoms with van der Waals surface area (Å²) in [5.74, 6) is 0. The van der Waals surface area contributed by atoms with E-state index in [-0.39, 0.29) is 6.04 Å². The molecule has 1 fully saturated rings. The van der Waals surface area contributed by atoms with Gasteiger partial charge in [-0.2, -0.15) is 4.31 Å². The number of nitrogens with two attached hydrogens (primary N) is 1. The van der Waals surface area contributed by atoms with Crippen LogP contribution in [0.1, 0.15) is 20.8 Å². The first kappa shape index (κ1) is 12.9. The van der Waals surface area contributed by atoms with Crippen LogP contribution in [-0.4, -0.2) is 49.7 Å². The average Bonchev–Trinajstić information content (AvgIpc) is 2.18. The number of nitrogens with one attached hydrogen (secondary N) is 1. The summed E-state index contributed by atoms with van der Waals surface area (Å²) in [6, 6.07) is -0.377. The molecule has 1 rings (SSSR count). The van der Waals surface area contributed by atoms with Gasteiger partial charge in [0.05, 0.1) is 4.75 Å². The van der Waals surface area contributed by atoms with Crippen molar-refractivity contribution < 1.29 is 8.42 Å². The average molecular weight is 235 g/mol. The second kappa shape index (κ2) is 4.37. The Balaban J connectivity index is 2.90. The minimum Gasteiger partial charge on any atom is -0.326 e. The van der Waals surface area contributed by atoms with Crippen LogP contribution in [0.2, 0.25) is 0 Å².